The lowest BCUT2D eigenvalue weighted by molar-refractivity contribution is -0.170. The molecule has 2 unspecified atom stereocenters. The second kappa shape index (κ2) is 4.25. The van der Waals surface area contributed by atoms with Gasteiger partial charge in [-0.2, -0.15) is 0 Å². The highest BCUT2D eigenvalue weighted by Gasteiger charge is 2.29. The van der Waals surface area contributed by atoms with Crippen molar-refractivity contribution in [2.45, 2.75) is 19.1 Å². The maximum Gasteiger partial charge on any atom is 0.312 e. The fourth-order valence-electron chi connectivity index (χ4n) is 1.12. The number of rotatable bonds is 2. The first kappa shape index (κ1) is 10.7. The Morgan fingerprint density at radius 3 is 2.79 bits per heavy atom. The monoisotopic (exact) mass is 203 g/mol. The highest BCUT2D eigenvalue weighted by molar-refractivity contribution is 5.85. The smallest absolute Gasteiger partial charge is 0.312 e. The van der Waals surface area contributed by atoms with Gasteiger partial charge in [-0.05, 0) is 6.92 Å². The highest BCUT2D eigenvalue weighted by Crippen LogP contribution is 2.07. The number of aliphatic hydroxyl groups excluding tert-OH is 1. The van der Waals surface area contributed by atoms with E-state index in [0.717, 1.165) is 5.06 Å². The number of β-amino-alcohol motifs (C(OH)–C–C–N with tert-alkyl or cyclic N) is 1. The average molecular weight is 203 g/mol. The molecule has 0 aliphatic carbocycles. The first-order valence-electron chi connectivity index (χ1n) is 4.19. The van der Waals surface area contributed by atoms with Crippen LogP contribution in [0.25, 0.3) is 0 Å². The Kier molecular flexibility index (Phi) is 3.26. The van der Waals surface area contributed by atoms with Gasteiger partial charge in [0.25, 0.3) is 5.91 Å². The summed E-state index contributed by atoms with van der Waals surface area (Å²) in [5, 5.41) is 12.3. The summed E-state index contributed by atoms with van der Waals surface area (Å²) in [6.07, 6.45) is -0.667. The predicted octanol–water partition coefficient (Wildman–Crippen LogP) is -1.82. The lowest BCUT2D eigenvalue weighted by Gasteiger charge is -2.18. The van der Waals surface area contributed by atoms with Crippen LogP contribution in [-0.4, -0.2) is 47.4 Å². The maximum absolute atomic E-state index is 11.4. The summed E-state index contributed by atoms with van der Waals surface area (Å²) >= 11 is 0. The Labute approximate surface area is 80.8 Å². The van der Waals surface area contributed by atoms with E-state index in [4.69, 9.17) is 15.7 Å². The first-order valence-corrected chi connectivity index (χ1v) is 4.19. The summed E-state index contributed by atoms with van der Waals surface area (Å²) in [6, 6.07) is -1.52. The van der Waals surface area contributed by atoms with Crippen molar-refractivity contribution in [3.63, 3.8) is 0 Å². The van der Waals surface area contributed by atoms with Crippen molar-refractivity contribution in [3.05, 3.63) is 0 Å². The zero-order chi connectivity index (χ0) is 10.7. The number of primary amides is 1. The van der Waals surface area contributed by atoms with E-state index in [1.165, 1.54) is 6.92 Å². The van der Waals surface area contributed by atoms with Crippen molar-refractivity contribution in [3.8, 4) is 0 Å². The SMILES string of the molecule is CC(NC(N)=O)C(=O)N1CC(O)CO1. The molecule has 0 aromatic carbocycles. The fourth-order valence-corrected chi connectivity index (χ4v) is 1.12. The summed E-state index contributed by atoms with van der Waals surface area (Å²) < 4.78 is 0. The van der Waals surface area contributed by atoms with Crippen LogP contribution in [0.2, 0.25) is 0 Å². The number of nitrogens with two attached hydrogens (primary N) is 1. The molecule has 0 aromatic heterocycles. The van der Waals surface area contributed by atoms with E-state index in [0.29, 0.717) is 0 Å². The molecule has 2 atom stereocenters. The number of nitrogens with one attached hydrogen (secondary N) is 1. The van der Waals surface area contributed by atoms with Crippen LogP contribution in [0.15, 0.2) is 0 Å². The number of aliphatic hydroxyl groups is 1. The van der Waals surface area contributed by atoms with Crippen LogP contribution in [0.4, 0.5) is 4.79 Å². The van der Waals surface area contributed by atoms with Crippen molar-refractivity contribution in [2.24, 2.45) is 5.73 Å². The van der Waals surface area contributed by atoms with Crippen LogP contribution in [0.1, 0.15) is 6.92 Å². The van der Waals surface area contributed by atoms with E-state index in [2.05, 4.69) is 5.32 Å². The Bertz CT molecular complexity index is 245. The number of hydrogen-bond acceptors (Lipinski definition) is 4. The third kappa shape index (κ3) is 2.57. The van der Waals surface area contributed by atoms with Crippen molar-refractivity contribution >= 4 is 11.9 Å². The molecular weight excluding hydrogens is 190 g/mol. The molecule has 1 saturated heterocycles. The number of nitrogens with zero attached hydrogens (tertiary/aromatic N) is 1. The summed E-state index contributed by atoms with van der Waals surface area (Å²) in [5.74, 6) is -0.430. The quantitative estimate of drug-likeness (QED) is 0.491. The van der Waals surface area contributed by atoms with Gasteiger partial charge in [-0.25, -0.2) is 9.86 Å². The molecule has 7 nitrogen and oxygen atoms in total. The summed E-state index contributed by atoms with van der Waals surface area (Å²) in [6.45, 7) is 1.69. The van der Waals surface area contributed by atoms with Crippen LogP contribution >= 0.6 is 0 Å². The summed E-state index contributed by atoms with van der Waals surface area (Å²) in [7, 11) is 0. The molecular formula is C7H13N3O4. The Hall–Kier alpha value is -1.34. The van der Waals surface area contributed by atoms with Crippen molar-refractivity contribution < 1.29 is 19.5 Å². The second-order valence-electron chi connectivity index (χ2n) is 3.08. The molecule has 14 heavy (non-hydrogen) atoms. The molecule has 4 N–H and O–H groups in total. The van der Waals surface area contributed by atoms with Crippen molar-refractivity contribution in [2.75, 3.05) is 13.2 Å². The molecule has 1 fully saturated rings. The molecule has 0 aromatic rings. The average Bonchev–Trinajstić information content (AvgIpc) is 2.49. The number of urea groups is 1. The fraction of sp³-hybridized carbons (Fsp3) is 0.714. The third-order valence-corrected chi connectivity index (χ3v) is 1.77. The lowest BCUT2D eigenvalue weighted by atomic mass is 10.3. The van der Waals surface area contributed by atoms with Gasteiger partial charge < -0.3 is 16.2 Å². The largest absolute Gasteiger partial charge is 0.389 e. The van der Waals surface area contributed by atoms with Gasteiger partial charge in [-0.3, -0.25) is 9.63 Å². The molecule has 1 rings (SSSR count). The summed E-state index contributed by atoms with van der Waals surface area (Å²) in [4.78, 5) is 26.8. The van der Waals surface area contributed by atoms with Gasteiger partial charge in [0.15, 0.2) is 0 Å². The van der Waals surface area contributed by atoms with Gasteiger partial charge in [-0.15, -0.1) is 0 Å². The summed E-state index contributed by atoms with van der Waals surface area (Å²) in [5.41, 5.74) is 4.85. The van der Waals surface area contributed by atoms with Gasteiger partial charge in [0.05, 0.1) is 6.54 Å². The standard InChI is InChI=1S/C7H13N3O4/c1-4(9-7(8)13)6(12)10-2-5(11)3-14-10/h4-5,11H,2-3H2,1H3,(H3,8,9,13). The van der Waals surface area contributed by atoms with Gasteiger partial charge in [0.2, 0.25) is 0 Å². The highest BCUT2D eigenvalue weighted by atomic mass is 16.7. The topological polar surface area (TPSA) is 105 Å². The molecule has 7 heteroatoms. The molecule has 3 amide bonds. The predicted molar refractivity (Wildman–Crippen MR) is 45.9 cm³/mol. The molecule has 0 bridgehead atoms. The maximum atomic E-state index is 11.4. The molecule has 0 spiro atoms. The van der Waals surface area contributed by atoms with E-state index in [9.17, 15) is 9.59 Å². The van der Waals surface area contributed by atoms with Gasteiger partial charge in [0, 0.05) is 0 Å². The minimum Gasteiger partial charge on any atom is -0.389 e. The second-order valence-corrected chi connectivity index (χ2v) is 3.08. The van der Waals surface area contributed by atoms with Crippen LogP contribution in [0.3, 0.4) is 0 Å². The Morgan fingerprint density at radius 1 is 1.71 bits per heavy atom. The number of amides is 3. The van der Waals surface area contributed by atoms with Gasteiger partial charge >= 0.3 is 6.03 Å². The zero-order valence-corrected chi connectivity index (χ0v) is 7.77. The Balaban J connectivity index is 2.44. The van der Waals surface area contributed by atoms with E-state index >= 15 is 0 Å². The van der Waals surface area contributed by atoms with Crippen molar-refractivity contribution in [1.82, 2.24) is 10.4 Å². The van der Waals surface area contributed by atoms with Crippen LogP contribution in [0.5, 0.6) is 0 Å². The normalized spacial score (nSPS) is 23.3. The minimum atomic E-state index is -0.773. The number of carbonyl (C=O) groups is 2. The lowest BCUT2D eigenvalue weighted by Crippen LogP contribution is -2.47. The van der Waals surface area contributed by atoms with E-state index < -0.39 is 24.1 Å². The van der Waals surface area contributed by atoms with Crippen LogP contribution in [0, 0.1) is 0 Å². The number of hydroxylamine groups is 2. The molecule has 80 valence electrons. The third-order valence-electron chi connectivity index (χ3n) is 1.77. The van der Waals surface area contributed by atoms with Gasteiger partial charge in [0.1, 0.15) is 18.8 Å². The first-order chi connectivity index (χ1) is 6.50. The zero-order valence-electron chi connectivity index (χ0n) is 7.77. The van der Waals surface area contributed by atoms with Crippen LogP contribution < -0.4 is 11.1 Å². The van der Waals surface area contributed by atoms with E-state index in [1.807, 2.05) is 0 Å². The molecule has 0 saturated carbocycles. The van der Waals surface area contributed by atoms with E-state index in [1.54, 1.807) is 0 Å². The van der Waals surface area contributed by atoms with Gasteiger partial charge in [-0.1, -0.05) is 0 Å². The molecule has 1 heterocycles. The van der Waals surface area contributed by atoms with Crippen molar-refractivity contribution in [1.29, 1.82) is 0 Å². The molecule has 1 aliphatic rings. The van der Waals surface area contributed by atoms with E-state index in [-0.39, 0.29) is 13.2 Å². The Morgan fingerprint density at radius 2 is 2.36 bits per heavy atom. The number of hydrogen-bond donors (Lipinski definition) is 3. The molecule has 0 radical (unpaired) electrons. The van der Waals surface area contributed by atoms with Crippen LogP contribution in [-0.2, 0) is 9.63 Å². The molecule has 1 aliphatic heterocycles. The number of carbonyl (C=O) groups excluding carboxylic acids is 2. The minimum absolute atomic E-state index is 0.0923.